The van der Waals surface area contributed by atoms with E-state index in [-0.39, 0.29) is 0 Å². The quantitative estimate of drug-likeness (QED) is 0.702. The second kappa shape index (κ2) is 8.09. The third-order valence-corrected chi connectivity index (χ3v) is 13.0. The summed E-state index contributed by atoms with van der Waals surface area (Å²) < 4.78 is 19.1. The first kappa shape index (κ1) is 20.2. The van der Waals surface area contributed by atoms with E-state index in [2.05, 4.69) is 0 Å². The van der Waals surface area contributed by atoms with Crippen molar-refractivity contribution in [2.24, 2.45) is 0 Å². The van der Waals surface area contributed by atoms with E-state index in [1.165, 1.54) is 0 Å². The molecule has 0 aromatic heterocycles. The molecule has 0 aliphatic rings. The van der Waals surface area contributed by atoms with Gasteiger partial charge in [0.05, 0.1) is 0 Å². The van der Waals surface area contributed by atoms with E-state index >= 15 is 0 Å². The smallest absolute Gasteiger partial charge is 0.389 e. The van der Waals surface area contributed by atoms with Crippen LogP contribution in [0.15, 0.2) is 60.7 Å². The van der Waals surface area contributed by atoms with Crippen molar-refractivity contribution in [2.75, 3.05) is 6.61 Å². The molecule has 0 unspecified atom stereocenters. The Labute approximate surface area is 154 Å². The lowest BCUT2D eigenvalue weighted by Gasteiger charge is -2.40. The van der Waals surface area contributed by atoms with Crippen molar-refractivity contribution in [3.63, 3.8) is 0 Å². The zero-order valence-corrected chi connectivity index (χ0v) is 18.7. The predicted octanol–water partition coefficient (Wildman–Crippen LogP) is 2.71. The van der Waals surface area contributed by atoms with E-state index in [9.17, 15) is 4.80 Å². The fraction of sp³-hybridized carbons (Fsp3) is 0.333. The zero-order chi connectivity index (χ0) is 18.6. The molecular weight excluding hydrogens is 364 g/mol. The lowest BCUT2D eigenvalue weighted by atomic mass is 10.4. The number of benzene rings is 2. The van der Waals surface area contributed by atoms with Crippen LogP contribution in [0.3, 0.4) is 0 Å². The summed E-state index contributed by atoms with van der Waals surface area (Å²) in [6, 6.07) is 20.0. The van der Waals surface area contributed by atoms with Crippen LogP contribution < -0.4 is 10.4 Å². The summed E-state index contributed by atoms with van der Waals surface area (Å²) in [5, 5.41) is 1.97. The fourth-order valence-corrected chi connectivity index (χ4v) is 13.4. The lowest BCUT2D eigenvalue weighted by Crippen LogP contribution is -2.70. The molecule has 0 aliphatic heterocycles. The van der Waals surface area contributed by atoms with Gasteiger partial charge in [-0.2, -0.15) is 0 Å². The minimum Gasteiger partial charge on any atom is -0.411 e. The number of rotatable bonds is 8. The zero-order valence-electron chi connectivity index (χ0n) is 15.7. The molecule has 0 spiro atoms. The molecule has 0 atom stereocenters. The van der Waals surface area contributed by atoms with Crippen LogP contribution in [0.25, 0.3) is 0 Å². The molecule has 0 radical (unpaired) electrons. The molecular formula is C18H28O4Si3. The molecule has 0 bridgehead atoms. The number of hydrogen-bond donors (Lipinski definition) is 1. The van der Waals surface area contributed by atoms with E-state index in [1.54, 1.807) is 13.1 Å². The van der Waals surface area contributed by atoms with Gasteiger partial charge >= 0.3 is 25.7 Å². The van der Waals surface area contributed by atoms with Crippen molar-refractivity contribution in [2.45, 2.75) is 33.1 Å². The minimum atomic E-state index is -3.11. The minimum absolute atomic E-state index is 0.591. The summed E-state index contributed by atoms with van der Waals surface area (Å²) in [5.74, 6) is 0. The van der Waals surface area contributed by atoms with Crippen LogP contribution in [0, 0.1) is 0 Å². The second-order valence-corrected chi connectivity index (χ2v) is 16.8. The van der Waals surface area contributed by atoms with Crippen molar-refractivity contribution < 1.29 is 17.5 Å². The molecule has 0 heterocycles. The Kier molecular flexibility index (Phi) is 6.55. The Morgan fingerprint density at radius 3 is 1.56 bits per heavy atom. The van der Waals surface area contributed by atoms with Crippen molar-refractivity contribution in [3.8, 4) is 0 Å². The summed E-state index contributed by atoms with van der Waals surface area (Å²) in [4.78, 5) is 10.6. The molecule has 1 N–H and O–H groups in total. The first-order valence-corrected chi connectivity index (χ1v) is 16.0. The molecule has 0 fully saturated rings. The van der Waals surface area contributed by atoms with Gasteiger partial charge in [0.1, 0.15) is 0 Å². The summed E-state index contributed by atoms with van der Waals surface area (Å²) in [7, 11) is -8.44. The standard InChI is InChI=1S/C18H28O4Si3/c1-6-20-24(4,5)22-25(21-23(2,3)19,17-13-9-7-10-14-17)18-15-11-8-12-16-18/h7-16,19H,6H2,1-5H3. The van der Waals surface area contributed by atoms with Gasteiger partial charge in [-0.3, -0.25) is 0 Å². The van der Waals surface area contributed by atoms with Crippen LogP contribution in [0.5, 0.6) is 0 Å². The summed E-state index contributed by atoms with van der Waals surface area (Å²) in [6.45, 7) is 10.2. The first-order valence-electron chi connectivity index (χ1n) is 8.56. The third-order valence-electron chi connectivity index (χ3n) is 3.58. The van der Waals surface area contributed by atoms with E-state index in [0.717, 1.165) is 10.4 Å². The molecule has 0 saturated heterocycles. The van der Waals surface area contributed by atoms with Crippen LogP contribution in [0.2, 0.25) is 26.2 Å². The average molecular weight is 393 g/mol. The summed E-state index contributed by atoms with van der Waals surface area (Å²) in [6.07, 6.45) is 0. The summed E-state index contributed by atoms with van der Waals surface area (Å²) in [5.41, 5.74) is 0. The van der Waals surface area contributed by atoms with E-state index in [0.29, 0.717) is 6.61 Å². The van der Waals surface area contributed by atoms with Gasteiger partial charge < -0.3 is 17.5 Å². The first-order chi connectivity index (χ1) is 11.7. The van der Waals surface area contributed by atoms with Gasteiger partial charge in [0.15, 0.2) is 0 Å². The van der Waals surface area contributed by atoms with Gasteiger partial charge in [-0.1, -0.05) is 60.7 Å². The van der Waals surface area contributed by atoms with Crippen LogP contribution in [-0.2, 0) is 12.7 Å². The molecule has 0 amide bonds. The van der Waals surface area contributed by atoms with Crippen LogP contribution in [0.1, 0.15) is 6.92 Å². The monoisotopic (exact) mass is 392 g/mol. The highest BCUT2D eigenvalue weighted by molar-refractivity contribution is 7.01. The molecule has 25 heavy (non-hydrogen) atoms. The highest BCUT2D eigenvalue weighted by Crippen LogP contribution is 2.21. The normalized spacial score (nSPS) is 13.0. The van der Waals surface area contributed by atoms with Gasteiger partial charge in [-0.25, -0.2) is 0 Å². The van der Waals surface area contributed by atoms with Crippen molar-refractivity contribution in [3.05, 3.63) is 60.7 Å². The second-order valence-electron chi connectivity index (χ2n) is 6.83. The highest BCUT2D eigenvalue weighted by Gasteiger charge is 2.51. The van der Waals surface area contributed by atoms with Gasteiger partial charge in [0.25, 0.3) is 0 Å². The molecule has 2 aromatic carbocycles. The SMILES string of the molecule is CCO[Si](C)(C)O[Si](O[Si](C)(C)O)(c1ccccc1)c1ccccc1. The Morgan fingerprint density at radius 2 is 1.20 bits per heavy atom. The predicted molar refractivity (Wildman–Crippen MR) is 109 cm³/mol. The maximum atomic E-state index is 10.6. The average Bonchev–Trinajstić information content (AvgIpc) is 2.54. The molecule has 0 saturated carbocycles. The van der Waals surface area contributed by atoms with Gasteiger partial charge in [0.2, 0.25) is 0 Å². The molecule has 2 rings (SSSR count). The Bertz CT molecular complexity index is 618. The van der Waals surface area contributed by atoms with Crippen LogP contribution in [-0.4, -0.2) is 37.1 Å². The van der Waals surface area contributed by atoms with Gasteiger partial charge in [0, 0.05) is 6.61 Å². The maximum Gasteiger partial charge on any atom is 0.389 e. The molecule has 4 nitrogen and oxygen atoms in total. The van der Waals surface area contributed by atoms with Crippen molar-refractivity contribution in [1.29, 1.82) is 0 Å². The van der Waals surface area contributed by atoms with E-state index in [4.69, 9.17) is 12.7 Å². The van der Waals surface area contributed by atoms with E-state index in [1.807, 2.05) is 80.7 Å². The van der Waals surface area contributed by atoms with Crippen molar-refractivity contribution in [1.82, 2.24) is 0 Å². The fourth-order valence-electron chi connectivity index (χ4n) is 2.81. The Balaban J connectivity index is 2.65. The number of hydrogen-bond acceptors (Lipinski definition) is 4. The Morgan fingerprint density at radius 1 is 0.760 bits per heavy atom. The molecule has 7 heteroatoms. The molecule has 0 aliphatic carbocycles. The molecule has 2 aromatic rings. The van der Waals surface area contributed by atoms with E-state index < -0.39 is 25.7 Å². The Hall–Kier alpha value is -1.07. The third kappa shape index (κ3) is 5.45. The maximum absolute atomic E-state index is 10.6. The lowest BCUT2D eigenvalue weighted by molar-refractivity contribution is 0.240. The van der Waals surface area contributed by atoms with Gasteiger partial charge in [-0.05, 0) is 43.5 Å². The topological polar surface area (TPSA) is 47.9 Å². The van der Waals surface area contributed by atoms with Crippen LogP contribution >= 0.6 is 0 Å². The largest absolute Gasteiger partial charge is 0.411 e. The van der Waals surface area contributed by atoms with Crippen LogP contribution in [0.4, 0.5) is 0 Å². The molecule has 136 valence electrons. The highest BCUT2D eigenvalue weighted by atomic mass is 28.5. The summed E-state index contributed by atoms with van der Waals surface area (Å²) >= 11 is 0. The van der Waals surface area contributed by atoms with Gasteiger partial charge in [-0.15, -0.1) is 0 Å². The van der Waals surface area contributed by atoms with Crippen molar-refractivity contribution >= 4 is 36.1 Å².